The maximum atomic E-state index is 13.2. The van der Waals surface area contributed by atoms with Crippen LogP contribution in [0.4, 0.5) is 8.78 Å². The predicted molar refractivity (Wildman–Crippen MR) is 97.1 cm³/mol. The standard InChI is InChI=1S/C19H13F2N5O2/c1-10-9-22-11(2)18-24-17(25-26(10)18)6-5-13-4-3-12-7-15-16(8-14(12)23-13)28-19(20,21)27-15/h3-9H,1-2H3/b6-5+. The molecule has 0 fully saturated rings. The molecule has 9 heteroatoms. The Morgan fingerprint density at radius 1 is 1.04 bits per heavy atom. The van der Waals surface area contributed by atoms with Crippen LogP contribution in [0.5, 0.6) is 11.5 Å². The second-order valence-electron chi connectivity index (χ2n) is 6.42. The maximum absolute atomic E-state index is 13.2. The lowest BCUT2D eigenvalue weighted by Gasteiger charge is -2.04. The first-order valence-electron chi connectivity index (χ1n) is 8.46. The van der Waals surface area contributed by atoms with Crippen molar-refractivity contribution in [2.45, 2.75) is 20.1 Å². The van der Waals surface area contributed by atoms with Gasteiger partial charge in [-0.25, -0.2) is 14.5 Å². The van der Waals surface area contributed by atoms with Crippen molar-refractivity contribution in [1.82, 2.24) is 24.6 Å². The Morgan fingerprint density at radius 2 is 1.82 bits per heavy atom. The lowest BCUT2D eigenvalue weighted by Crippen LogP contribution is -2.25. The molecule has 7 nitrogen and oxygen atoms in total. The number of alkyl halides is 2. The third kappa shape index (κ3) is 2.72. The van der Waals surface area contributed by atoms with Crippen LogP contribution in [0.1, 0.15) is 22.9 Å². The van der Waals surface area contributed by atoms with E-state index in [1.54, 1.807) is 35.0 Å². The Bertz CT molecular complexity index is 1240. The van der Waals surface area contributed by atoms with Crippen molar-refractivity contribution in [3.05, 3.63) is 53.4 Å². The van der Waals surface area contributed by atoms with E-state index in [4.69, 9.17) is 0 Å². The summed E-state index contributed by atoms with van der Waals surface area (Å²) in [7, 11) is 0. The summed E-state index contributed by atoms with van der Waals surface area (Å²) in [6.07, 6.45) is 1.58. The van der Waals surface area contributed by atoms with Crippen molar-refractivity contribution in [1.29, 1.82) is 0 Å². The number of aryl methyl sites for hydroxylation is 2. The monoisotopic (exact) mass is 381 g/mol. The first kappa shape index (κ1) is 16.5. The summed E-state index contributed by atoms with van der Waals surface area (Å²) in [6.45, 7) is 3.77. The van der Waals surface area contributed by atoms with Crippen LogP contribution >= 0.6 is 0 Å². The van der Waals surface area contributed by atoms with Crippen LogP contribution in [0.15, 0.2) is 30.5 Å². The molecule has 0 saturated heterocycles. The second-order valence-corrected chi connectivity index (χ2v) is 6.42. The average molecular weight is 381 g/mol. The largest absolute Gasteiger partial charge is 0.586 e. The smallest absolute Gasteiger partial charge is 0.395 e. The quantitative estimate of drug-likeness (QED) is 0.526. The minimum absolute atomic E-state index is 0.00385. The Balaban J connectivity index is 1.49. The van der Waals surface area contributed by atoms with Gasteiger partial charge in [0.15, 0.2) is 23.0 Å². The molecule has 0 amide bonds. The summed E-state index contributed by atoms with van der Waals surface area (Å²) < 4.78 is 37.1. The molecule has 0 aliphatic carbocycles. The minimum atomic E-state index is -3.65. The SMILES string of the molecule is Cc1ncc(C)n2nc(/C=C/c3ccc4cc5c(cc4n3)OC(F)(F)O5)nc12. The van der Waals surface area contributed by atoms with Gasteiger partial charge in [0.1, 0.15) is 0 Å². The third-order valence-electron chi connectivity index (χ3n) is 4.36. The van der Waals surface area contributed by atoms with Gasteiger partial charge in [-0.2, -0.15) is 0 Å². The number of benzene rings is 1. The molecular formula is C19H13F2N5O2. The summed E-state index contributed by atoms with van der Waals surface area (Å²) in [5.41, 5.74) is 3.50. The number of halogens is 2. The molecule has 1 aromatic carbocycles. The molecule has 4 heterocycles. The first-order valence-corrected chi connectivity index (χ1v) is 8.46. The van der Waals surface area contributed by atoms with E-state index in [1.165, 1.54) is 12.1 Å². The van der Waals surface area contributed by atoms with E-state index in [9.17, 15) is 8.78 Å². The molecule has 4 aromatic rings. The van der Waals surface area contributed by atoms with Crippen molar-refractivity contribution < 1.29 is 18.3 Å². The highest BCUT2D eigenvalue weighted by atomic mass is 19.3. The third-order valence-corrected chi connectivity index (χ3v) is 4.36. The van der Waals surface area contributed by atoms with Gasteiger partial charge in [0.25, 0.3) is 0 Å². The molecule has 0 bridgehead atoms. The van der Waals surface area contributed by atoms with E-state index in [2.05, 4.69) is 29.5 Å². The maximum Gasteiger partial charge on any atom is 0.586 e. The predicted octanol–water partition coefficient (Wildman–Crippen LogP) is 3.78. The number of hydrogen-bond donors (Lipinski definition) is 0. The highest BCUT2D eigenvalue weighted by Crippen LogP contribution is 2.42. The average Bonchev–Trinajstić information content (AvgIpc) is 3.21. The van der Waals surface area contributed by atoms with Crippen LogP contribution in [0.25, 0.3) is 28.7 Å². The Kier molecular flexibility index (Phi) is 3.36. The Labute approximate surface area is 157 Å². The normalized spacial score (nSPS) is 15.1. The first-order chi connectivity index (χ1) is 13.4. The molecule has 0 N–H and O–H groups in total. The molecule has 5 rings (SSSR count). The molecule has 28 heavy (non-hydrogen) atoms. The van der Waals surface area contributed by atoms with Crippen molar-refractivity contribution in [3.63, 3.8) is 0 Å². The highest BCUT2D eigenvalue weighted by molar-refractivity contribution is 5.84. The van der Waals surface area contributed by atoms with E-state index in [1.807, 2.05) is 13.8 Å². The second kappa shape index (κ2) is 5.69. The summed E-state index contributed by atoms with van der Waals surface area (Å²) in [5, 5.41) is 5.11. The zero-order valence-electron chi connectivity index (χ0n) is 14.8. The van der Waals surface area contributed by atoms with Crippen molar-refractivity contribution in [2.75, 3.05) is 0 Å². The molecule has 1 aliphatic heterocycles. The van der Waals surface area contributed by atoms with Gasteiger partial charge in [0, 0.05) is 17.6 Å². The number of rotatable bonds is 2. The van der Waals surface area contributed by atoms with E-state index in [0.717, 1.165) is 11.4 Å². The zero-order valence-corrected chi connectivity index (χ0v) is 14.8. The number of fused-ring (bicyclic) bond motifs is 3. The lowest BCUT2D eigenvalue weighted by molar-refractivity contribution is -0.286. The van der Waals surface area contributed by atoms with Crippen molar-refractivity contribution in [3.8, 4) is 11.5 Å². The van der Waals surface area contributed by atoms with Gasteiger partial charge in [-0.1, -0.05) is 6.07 Å². The van der Waals surface area contributed by atoms with Gasteiger partial charge >= 0.3 is 6.29 Å². The van der Waals surface area contributed by atoms with Crippen LogP contribution < -0.4 is 9.47 Å². The molecular weight excluding hydrogens is 368 g/mol. The fourth-order valence-electron chi connectivity index (χ4n) is 3.02. The molecule has 0 spiro atoms. The zero-order chi connectivity index (χ0) is 19.5. The fourth-order valence-corrected chi connectivity index (χ4v) is 3.02. The minimum Gasteiger partial charge on any atom is -0.395 e. The van der Waals surface area contributed by atoms with Crippen LogP contribution in [0.2, 0.25) is 0 Å². The highest BCUT2D eigenvalue weighted by Gasteiger charge is 2.43. The van der Waals surface area contributed by atoms with Gasteiger partial charge < -0.3 is 9.47 Å². The summed E-state index contributed by atoms with van der Waals surface area (Å²) in [6, 6.07) is 6.46. The molecule has 0 atom stereocenters. The molecule has 0 radical (unpaired) electrons. The molecule has 0 saturated carbocycles. The van der Waals surface area contributed by atoms with E-state index >= 15 is 0 Å². The number of ether oxygens (including phenoxy) is 2. The number of pyridine rings is 1. The molecule has 0 unspecified atom stereocenters. The van der Waals surface area contributed by atoms with Gasteiger partial charge in [0.2, 0.25) is 0 Å². The molecule has 140 valence electrons. The summed E-state index contributed by atoms with van der Waals surface area (Å²) in [4.78, 5) is 13.2. The van der Waals surface area contributed by atoms with Crippen LogP contribution in [-0.2, 0) is 0 Å². The van der Waals surface area contributed by atoms with Gasteiger partial charge in [-0.3, -0.25) is 4.98 Å². The van der Waals surface area contributed by atoms with E-state index in [-0.39, 0.29) is 11.5 Å². The van der Waals surface area contributed by atoms with Gasteiger partial charge in [-0.15, -0.1) is 13.9 Å². The topological polar surface area (TPSA) is 74.4 Å². The van der Waals surface area contributed by atoms with Gasteiger partial charge in [-0.05, 0) is 38.1 Å². The fraction of sp³-hybridized carbons (Fsp3) is 0.158. The lowest BCUT2D eigenvalue weighted by atomic mass is 10.1. The Hall–Kier alpha value is -3.62. The number of aromatic nitrogens is 5. The summed E-state index contributed by atoms with van der Waals surface area (Å²) >= 11 is 0. The van der Waals surface area contributed by atoms with Crippen molar-refractivity contribution >= 4 is 28.7 Å². The van der Waals surface area contributed by atoms with Crippen molar-refractivity contribution in [2.24, 2.45) is 0 Å². The van der Waals surface area contributed by atoms with Crippen LogP contribution in [0, 0.1) is 13.8 Å². The van der Waals surface area contributed by atoms with Gasteiger partial charge in [0.05, 0.1) is 22.6 Å². The molecule has 3 aromatic heterocycles. The summed E-state index contributed by atoms with van der Waals surface area (Å²) in [5.74, 6) is 0.480. The number of hydrogen-bond acceptors (Lipinski definition) is 6. The van der Waals surface area contributed by atoms with E-state index < -0.39 is 6.29 Å². The number of nitrogens with zero attached hydrogens (tertiary/aromatic N) is 5. The molecule has 1 aliphatic rings. The van der Waals surface area contributed by atoms with E-state index in [0.29, 0.717) is 28.1 Å². The van der Waals surface area contributed by atoms with Crippen LogP contribution in [0.3, 0.4) is 0 Å². The Morgan fingerprint density at radius 3 is 2.61 bits per heavy atom. The van der Waals surface area contributed by atoms with Crippen LogP contribution in [-0.4, -0.2) is 30.9 Å².